The Kier molecular flexibility index (Phi) is 7.47. The van der Waals surface area contributed by atoms with E-state index in [1.165, 1.54) is 6.07 Å². The lowest BCUT2D eigenvalue weighted by atomic mass is 10.2. The number of hydrogen-bond donors (Lipinski definition) is 3. The second-order valence-corrected chi connectivity index (χ2v) is 8.98. The minimum atomic E-state index is -4.05. The quantitative estimate of drug-likeness (QED) is 0.378. The first-order valence-electron chi connectivity index (χ1n) is 10.2. The molecule has 1 amide bonds. The molecule has 0 spiro atoms. The van der Waals surface area contributed by atoms with Crippen LogP contribution >= 0.6 is 0 Å². The van der Waals surface area contributed by atoms with E-state index in [2.05, 4.69) is 27.2 Å². The van der Waals surface area contributed by atoms with E-state index in [0.717, 1.165) is 6.20 Å². The van der Waals surface area contributed by atoms with Gasteiger partial charge in [0, 0.05) is 17.8 Å². The molecular formula is C23H24FN5O4S. The number of sulfonamides is 1. The SMILES string of the molecule is C=C(C)Oc1ccc(Nc2nc(Nc3ccc(C)c(S(=O)(=O)NC(=O)CC)c3)ncc2F)cc1. The normalized spacial score (nSPS) is 10.9. The van der Waals surface area contributed by atoms with E-state index in [9.17, 15) is 17.6 Å². The summed E-state index contributed by atoms with van der Waals surface area (Å²) in [6, 6.07) is 11.3. The van der Waals surface area contributed by atoms with Gasteiger partial charge in [-0.15, -0.1) is 0 Å². The lowest BCUT2D eigenvalue weighted by molar-refractivity contribution is -0.119. The lowest BCUT2D eigenvalue weighted by Gasteiger charge is -2.13. The Hall–Kier alpha value is -3.99. The summed E-state index contributed by atoms with van der Waals surface area (Å²) in [6.07, 6.45) is 1.02. The first-order chi connectivity index (χ1) is 16.1. The highest BCUT2D eigenvalue weighted by Crippen LogP contribution is 2.25. The first kappa shape index (κ1) is 24.6. The number of amides is 1. The van der Waals surface area contributed by atoms with Gasteiger partial charge in [-0.25, -0.2) is 22.5 Å². The van der Waals surface area contributed by atoms with Crippen molar-refractivity contribution >= 4 is 39.1 Å². The fraction of sp³-hybridized carbons (Fsp3) is 0.174. The molecule has 0 aliphatic heterocycles. The number of aromatic nitrogens is 2. The first-order valence-corrected chi connectivity index (χ1v) is 11.7. The van der Waals surface area contributed by atoms with Crippen molar-refractivity contribution in [3.8, 4) is 5.75 Å². The molecule has 0 unspecified atom stereocenters. The molecule has 34 heavy (non-hydrogen) atoms. The number of aryl methyl sites for hydroxylation is 1. The number of nitrogens with zero attached hydrogens (tertiary/aromatic N) is 2. The lowest BCUT2D eigenvalue weighted by Crippen LogP contribution is -2.30. The number of halogens is 1. The summed E-state index contributed by atoms with van der Waals surface area (Å²) in [5, 5.41) is 5.72. The van der Waals surface area contributed by atoms with Crippen LogP contribution in [0.25, 0.3) is 0 Å². The number of anilines is 4. The van der Waals surface area contributed by atoms with E-state index < -0.39 is 21.7 Å². The Labute approximate surface area is 197 Å². The van der Waals surface area contributed by atoms with Crippen molar-refractivity contribution in [2.45, 2.75) is 32.1 Å². The molecule has 0 saturated heterocycles. The molecule has 0 aliphatic carbocycles. The van der Waals surface area contributed by atoms with E-state index >= 15 is 0 Å². The van der Waals surface area contributed by atoms with Gasteiger partial charge in [0.25, 0.3) is 10.0 Å². The summed E-state index contributed by atoms with van der Waals surface area (Å²) in [7, 11) is -4.05. The minimum absolute atomic E-state index is 0.0268. The molecule has 2 aromatic carbocycles. The second-order valence-electron chi connectivity index (χ2n) is 7.33. The number of hydrogen-bond acceptors (Lipinski definition) is 8. The Bertz CT molecular complexity index is 1330. The van der Waals surface area contributed by atoms with Gasteiger partial charge in [0.15, 0.2) is 11.6 Å². The van der Waals surface area contributed by atoms with Crippen LogP contribution < -0.4 is 20.1 Å². The number of ether oxygens (including phenoxy) is 1. The highest BCUT2D eigenvalue weighted by molar-refractivity contribution is 7.90. The fourth-order valence-corrected chi connectivity index (χ4v) is 4.16. The Morgan fingerprint density at radius 1 is 1.12 bits per heavy atom. The maximum Gasteiger partial charge on any atom is 0.264 e. The van der Waals surface area contributed by atoms with Gasteiger partial charge >= 0.3 is 0 Å². The van der Waals surface area contributed by atoms with E-state index in [1.807, 2.05) is 4.72 Å². The summed E-state index contributed by atoms with van der Waals surface area (Å²) in [5.74, 6) is -0.212. The molecule has 1 heterocycles. The topological polar surface area (TPSA) is 122 Å². The Morgan fingerprint density at radius 3 is 2.44 bits per heavy atom. The van der Waals surface area contributed by atoms with Crippen LogP contribution in [0.4, 0.5) is 27.5 Å². The summed E-state index contributed by atoms with van der Waals surface area (Å²) < 4.78 is 46.8. The van der Waals surface area contributed by atoms with E-state index in [-0.39, 0.29) is 23.1 Å². The summed E-state index contributed by atoms with van der Waals surface area (Å²) in [4.78, 5) is 19.6. The van der Waals surface area contributed by atoms with Gasteiger partial charge in [0.1, 0.15) is 5.75 Å². The number of carbonyl (C=O) groups is 1. The van der Waals surface area contributed by atoms with Crippen molar-refractivity contribution in [1.29, 1.82) is 0 Å². The molecule has 3 rings (SSSR count). The maximum absolute atomic E-state index is 14.3. The summed E-state index contributed by atoms with van der Waals surface area (Å²) >= 11 is 0. The predicted molar refractivity (Wildman–Crippen MR) is 127 cm³/mol. The second kappa shape index (κ2) is 10.3. The predicted octanol–water partition coefficient (Wildman–Crippen LogP) is 4.54. The van der Waals surface area contributed by atoms with Gasteiger partial charge in [-0.3, -0.25) is 4.79 Å². The molecule has 0 saturated carbocycles. The van der Waals surface area contributed by atoms with Crippen LogP contribution in [0, 0.1) is 12.7 Å². The highest BCUT2D eigenvalue weighted by Gasteiger charge is 2.20. The smallest absolute Gasteiger partial charge is 0.264 e. The molecule has 0 atom stereocenters. The molecular weight excluding hydrogens is 461 g/mol. The highest BCUT2D eigenvalue weighted by atomic mass is 32.2. The van der Waals surface area contributed by atoms with Crippen LogP contribution in [0.1, 0.15) is 25.8 Å². The summed E-state index contributed by atoms with van der Waals surface area (Å²) in [5.41, 5.74) is 1.35. The van der Waals surface area contributed by atoms with Crippen LogP contribution in [-0.2, 0) is 14.8 Å². The zero-order chi connectivity index (χ0) is 24.9. The Balaban J connectivity index is 1.81. The van der Waals surface area contributed by atoms with Crippen LogP contribution in [0.2, 0.25) is 0 Å². The number of rotatable bonds is 9. The average Bonchev–Trinajstić information content (AvgIpc) is 2.78. The van der Waals surface area contributed by atoms with Gasteiger partial charge in [0.2, 0.25) is 11.9 Å². The van der Waals surface area contributed by atoms with Crippen molar-refractivity contribution in [2.24, 2.45) is 0 Å². The van der Waals surface area contributed by atoms with Crippen LogP contribution in [0.15, 0.2) is 65.9 Å². The third kappa shape index (κ3) is 6.29. The molecule has 0 bridgehead atoms. The molecule has 11 heteroatoms. The van der Waals surface area contributed by atoms with Crippen LogP contribution in [0.5, 0.6) is 5.75 Å². The number of allylic oxidation sites excluding steroid dienone is 1. The molecule has 0 aliphatic rings. The van der Waals surface area contributed by atoms with Gasteiger partial charge < -0.3 is 15.4 Å². The zero-order valence-electron chi connectivity index (χ0n) is 18.8. The van der Waals surface area contributed by atoms with Crippen LogP contribution in [-0.4, -0.2) is 24.3 Å². The van der Waals surface area contributed by atoms with E-state index in [0.29, 0.717) is 28.4 Å². The average molecular weight is 486 g/mol. The van der Waals surface area contributed by atoms with Crippen molar-refractivity contribution in [1.82, 2.24) is 14.7 Å². The number of carbonyl (C=O) groups excluding carboxylic acids is 1. The third-order valence-corrected chi connectivity index (χ3v) is 5.97. The molecule has 1 aromatic heterocycles. The third-order valence-electron chi connectivity index (χ3n) is 4.46. The summed E-state index contributed by atoms with van der Waals surface area (Å²) in [6.45, 7) is 8.56. The maximum atomic E-state index is 14.3. The minimum Gasteiger partial charge on any atom is -0.463 e. The van der Waals surface area contributed by atoms with Gasteiger partial charge in [-0.1, -0.05) is 19.6 Å². The van der Waals surface area contributed by atoms with Gasteiger partial charge in [-0.2, -0.15) is 4.98 Å². The molecule has 3 N–H and O–H groups in total. The van der Waals surface area contributed by atoms with Crippen molar-refractivity contribution in [3.05, 3.63) is 72.4 Å². The van der Waals surface area contributed by atoms with E-state index in [4.69, 9.17) is 4.74 Å². The number of nitrogens with one attached hydrogen (secondary N) is 3. The zero-order valence-corrected chi connectivity index (χ0v) is 19.7. The molecule has 0 fully saturated rings. The van der Waals surface area contributed by atoms with Gasteiger partial charge in [0.05, 0.1) is 16.9 Å². The number of benzene rings is 2. The molecule has 0 radical (unpaired) electrons. The fourth-order valence-electron chi connectivity index (χ4n) is 2.83. The van der Waals surface area contributed by atoms with Gasteiger partial charge in [-0.05, 0) is 55.8 Å². The van der Waals surface area contributed by atoms with Crippen molar-refractivity contribution in [3.63, 3.8) is 0 Å². The standard InChI is InChI=1S/C23H24FN5O4S/c1-5-21(30)29-34(31,32)20-12-17(7-6-15(20)4)27-23-25-13-19(24)22(28-23)26-16-8-10-18(11-9-16)33-14(2)3/h6-13H,2,5H2,1,3-4H3,(H,29,30)(H2,25,26,27,28). The monoisotopic (exact) mass is 485 g/mol. The molecule has 9 nitrogen and oxygen atoms in total. The Morgan fingerprint density at radius 2 is 1.79 bits per heavy atom. The van der Waals surface area contributed by atoms with Crippen molar-refractivity contribution in [2.75, 3.05) is 10.6 Å². The molecule has 178 valence electrons. The van der Waals surface area contributed by atoms with Crippen molar-refractivity contribution < 1.29 is 22.3 Å². The van der Waals surface area contributed by atoms with E-state index in [1.54, 1.807) is 57.2 Å². The largest absolute Gasteiger partial charge is 0.463 e. The molecule has 3 aromatic rings. The van der Waals surface area contributed by atoms with Crippen LogP contribution in [0.3, 0.4) is 0 Å².